The molecule has 0 atom stereocenters. The number of carbonyl (C=O) groups is 1. The Kier molecular flexibility index (Phi) is 6.19. The second kappa shape index (κ2) is 8.93. The molecule has 33 heavy (non-hydrogen) atoms. The van der Waals surface area contributed by atoms with E-state index in [1.54, 1.807) is 24.5 Å². The lowest BCUT2D eigenvalue weighted by Gasteiger charge is -2.20. The highest BCUT2D eigenvalue weighted by Crippen LogP contribution is 2.33. The lowest BCUT2D eigenvalue weighted by atomic mass is 10.2. The molecule has 0 bridgehead atoms. The normalized spacial score (nSPS) is 11.8. The average molecular weight is 489 g/mol. The molecule has 0 N–H and O–H groups in total. The fourth-order valence-corrected chi connectivity index (χ4v) is 5.00. The predicted octanol–water partition coefficient (Wildman–Crippen LogP) is 4.07. The number of hydrogen-bond donors (Lipinski definition) is 0. The Balaban J connectivity index is 1.75. The van der Waals surface area contributed by atoms with Crippen LogP contribution in [0.1, 0.15) is 15.9 Å². The Morgan fingerprint density at radius 3 is 2.45 bits per heavy atom. The van der Waals surface area contributed by atoms with E-state index in [9.17, 15) is 22.0 Å². The van der Waals surface area contributed by atoms with Crippen LogP contribution in [-0.4, -0.2) is 42.7 Å². The zero-order chi connectivity index (χ0) is 23.8. The molecule has 0 unspecified atom stereocenters. The van der Waals surface area contributed by atoms with Crippen molar-refractivity contribution in [2.75, 3.05) is 19.0 Å². The minimum Gasteiger partial charge on any atom is -0.279 e. The van der Waals surface area contributed by atoms with E-state index < -0.39 is 27.6 Å². The summed E-state index contributed by atoms with van der Waals surface area (Å²) in [4.78, 5) is 23.1. The molecule has 11 heteroatoms. The molecule has 0 aliphatic heterocycles. The number of amides is 1. The first kappa shape index (κ1) is 22.9. The average Bonchev–Trinajstić information content (AvgIpc) is 3.22. The number of carbonyl (C=O) groups excluding carboxylic acids is 1. The molecule has 1 amide bonds. The van der Waals surface area contributed by atoms with Crippen molar-refractivity contribution >= 4 is 42.6 Å². The highest BCUT2D eigenvalue weighted by atomic mass is 32.2. The van der Waals surface area contributed by atoms with E-state index in [4.69, 9.17) is 0 Å². The molecule has 0 saturated carbocycles. The topological polar surface area (TPSA) is 83.5 Å². The van der Waals surface area contributed by atoms with Gasteiger partial charge in [-0.2, -0.15) is 0 Å². The van der Waals surface area contributed by atoms with Crippen molar-refractivity contribution in [2.24, 2.45) is 0 Å². The van der Waals surface area contributed by atoms with Crippen LogP contribution in [0.4, 0.5) is 13.9 Å². The Labute approximate surface area is 193 Å². The first-order valence-corrected chi connectivity index (χ1v) is 11.9. The number of aromatic nitrogens is 2. The van der Waals surface area contributed by atoms with Crippen molar-refractivity contribution < 1.29 is 22.0 Å². The van der Waals surface area contributed by atoms with Gasteiger partial charge < -0.3 is 0 Å². The van der Waals surface area contributed by atoms with Crippen LogP contribution in [0.15, 0.2) is 65.8 Å². The molecule has 170 valence electrons. The van der Waals surface area contributed by atoms with E-state index in [0.717, 1.165) is 27.8 Å². The highest BCUT2D eigenvalue weighted by molar-refractivity contribution is 7.89. The second-order valence-electron chi connectivity index (χ2n) is 7.30. The van der Waals surface area contributed by atoms with Gasteiger partial charge in [0.15, 0.2) is 10.9 Å². The molecule has 0 aliphatic carbocycles. The molecule has 4 aromatic rings. The zero-order valence-corrected chi connectivity index (χ0v) is 19.2. The smallest absolute Gasteiger partial charge is 0.260 e. The summed E-state index contributed by atoms with van der Waals surface area (Å²) >= 11 is 0.978. The molecule has 2 aromatic carbocycles. The summed E-state index contributed by atoms with van der Waals surface area (Å²) in [6.07, 6.45) is 3.18. The molecule has 0 fully saturated rings. The van der Waals surface area contributed by atoms with Crippen LogP contribution in [0.3, 0.4) is 0 Å². The number of thiazole rings is 1. The van der Waals surface area contributed by atoms with Gasteiger partial charge in [0, 0.05) is 38.1 Å². The summed E-state index contributed by atoms with van der Waals surface area (Å²) in [5, 5.41) is 0.174. The maximum absolute atomic E-state index is 14.2. The van der Waals surface area contributed by atoms with Crippen molar-refractivity contribution in [3.05, 3.63) is 83.7 Å². The Morgan fingerprint density at radius 2 is 1.82 bits per heavy atom. The van der Waals surface area contributed by atoms with Gasteiger partial charge in [0.25, 0.3) is 5.91 Å². The third-order valence-corrected chi connectivity index (χ3v) is 7.68. The largest absolute Gasteiger partial charge is 0.279 e. The third kappa shape index (κ3) is 4.61. The summed E-state index contributed by atoms with van der Waals surface area (Å²) in [7, 11) is -0.822. The van der Waals surface area contributed by atoms with Crippen molar-refractivity contribution in [1.82, 2.24) is 14.3 Å². The summed E-state index contributed by atoms with van der Waals surface area (Å²) in [5.74, 6) is -2.04. The molecule has 0 radical (unpaired) electrons. The zero-order valence-electron chi connectivity index (χ0n) is 17.6. The van der Waals surface area contributed by atoms with E-state index in [1.807, 2.05) is 0 Å². The molecule has 0 spiro atoms. The quantitative estimate of drug-likeness (QED) is 0.409. The number of halogens is 2. The van der Waals surface area contributed by atoms with Gasteiger partial charge in [-0.15, -0.1) is 0 Å². The van der Waals surface area contributed by atoms with Crippen molar-refractivity contribution in [2.45, 2.75) is 11.4 Å². The van der Waals surface area contributed by atoms with Crippen molar-refractivity contribution in [1.29, 1.82) is 0 Å². The molecular weight excluding hydrogens is 470 g/mol. The second-order valence-corrected chi connectivity index (χ2v) is 10.5. The van der Waals surface area contributed by atoms with Gasteiger partial charge in [-0.1, -0.05) is 17.4 Å². The summed E-state index contributed by atoms with van der Waals surface area (Å²) < 4.78 is 53.9. The number of anilines is 1. The maximum atomic E-state index is 14.2. The maximum Gasteiger partial charge on any atom is 0.260 e. The van der Waals surface area contributed by atoms with E-state index in [1.165, 1.54) is 43.3 Å². The van der Waals surface area contributed by atoms with Gasteiger partial charge in [0.1, 0.15) is 11.3 Å². The molecular formula is C22H18F2N4O3S2. The van der Waals surface area contributed by atoms with Crippen molar-refractivity contribution in [3.63, 3.8) is 0 Å². The Morgan fingerprint density at radius 1 is 1.09 bits per heavy atom. The SMILES string of the molecule is CN(C)S(=O)(=O)c1ccc(C(=O)N(Cc2cccnc2)c2nc3c(F)cc(F)cc3s2)cc1. The van der Waals surface area contributed by atoms with Crippen LogP contribution in [0.2, 0.25) is 0 Å². The molecule has 0 saturated heterocycles. The molecule has 4 rings (SSSR count). The Hall–Kier alpha value is -3.28. The standard InChI is InChI=1S/C22H18F2N4O3S2/c1-27(2)33(30,31)17-7-5-15(6-8-17)21(29)28(13-14-4-3-9-25-12-14)22-26-20-18(24)10-16(23)11-19(20)32-22/h3-12H,13H2,1-2H3. The Bertz CT molecular complexity index is 1420. The monoisotopic (exact) mass is 488 g/mol. The van der Waals surface area contributed by atoms with E-state index in [2.05, 4.69) is 9.97 Å². The van der Waals surface area contributed by atoms with Crippen LogP contribution >= 0.6 is 11.3 Å². The minimum absolute atomic E-state index is 0.0344. The number of sulfonamides is 1. The van der Waals surface area contributed by atoms with E-state index in [0.29, 0.717) is 5.56 Å². The lowest BCUT2D eigenvalue weighted by Crippen LogP contribution is -2.30. The number of rotatable bonds is 6. The number of nitrogens with zero attached hydrogens (tertiary/aromatic N) is 4. The molecule has 0 aliphatic rings. The van der Waals surface area contributed by atoms with Crippen LogP contribution < -0.4 is 4.90 Å². The van der Waals surface area contributed by atoms with Crippen LogP contribution in [-0.2, 0) is 16.6 Å². The van der Waals surface area contributed by atoms with Crippen LogP contribution in [0, 0.1) is 11.6 Å². The molecule has 2 heterocycles. The van der Waals surface area contributed by atoms with Gasteiger partial charge in [-0.05, 0) is 42.0 Å². The van der Waals surface area contributed by atoms with Crippen LogP contribution in [0.5, 0.6) is 0 Å². The minimum atomic E-state index is -3.65. The summed E-state index contributed by atoms with van der Waals surface area (Å²) in [6.45, 7) is 0.0777. The van der Waals surface area contributed by atoms with E-state index in [-0.39, 0.29) is 32.4 Å². The van der Waals surface area contributed by atoms with E-state index >= 15 is 0 Å². The fourth-order valence-electron chi connectivity index (χ4n) is 3.10. The lowest BCUT2D eigenvalue weighted by molar-refractivity contribution is 0.0985. The number of fused-ring (bicyclic) bond motifs is 1. The van der Waals surface area contributed by atoms with Gasteiger partial charge in [-0.3, -0.25) is 14.7 Å². The van der Waals surface area contributed by atoms with Gasteiger partial charge in [0.05, 0.1) is 16.1 Å². The first-order chi connectivity index (χ1) is 15.7. The third-order valence-electron chi connectivity index (χ3n) is 4.82. The number of hydrogen-bond acceptors (Lipinski definition) is 6. The van der Waals surface area contributed by atoms with Gasteiger partial charge in [-0.25, -0.2) is 26.5 Å². The summed E-state index contributed by atoms with van der Waals surface area (Å²) in [5.41, 5.74) is 0.874. The van der Waals surface area contributed by atoms with Crippen molar-refractivity contribution in [3.8, 4) is 0 Å². The number of pyridine rings is 1. The van der Waals surface area contributed by atoms with Crippen LogP contribution in [0.25, 0.3) is 10.2 Å². The first-order valence-electron chi connectivity index (χ1n) is 9.66. The fraction of sp³-hybridized carbons (Fsp3) is 0.136. The van der Waals surface area contributed by atoms with Gasteiger partial charge >= 0.3 is 0 Å². The predicted molar refractivity (Wildman–Crippen MR) is 122 cm³/mol. The van der Waals surface area contributed by atoms with Gasteiger partial charge in [0.2, 0.25) is 10.0 Å². The molecule has 2 aromatic heterocycles. The number of benzene rings is 2. The molecule has 7 nitrogen and oxygen atoms in total. The summed E-state index contributed by atoms with van der Waals surface area (Å²) in [6, 6.07) is 10.9. The highest BCUT2D eigenvalue weighted by Gasteiger charge is 2.24.